The summed E-state index contributed by atoms with van der Waals surface area (Å²) in [5.74, 6) is -0.298. The highest BCUT2D eigenvalue weighted by molar-refractivity contribution is 5.98. The van der Waals surface area contributed by atoms with Crippen LogP contribution in [0.3, 0.4) is 0 Å². The van der Waals surface area contributed by atoms with E-state index in [0.717, 1.165) is 16.5 Å². The molecule has 0 unspecified atom stereocenters. The van der Waals surface area contributed by atoms with E-state index in [2.05, 4.69) is 10.3 Å². The molecule has 4 aromatic rings. The van der Waals surface area contributed by atoms with Gasteiger partial charge in [-0.2, -0.15) is 0 Å². The smallest absolute Gasteiger partial charge is 0.410 e. The normalized spacial score (nSPS) is 15.1. The van der Waals surface area contributed by atoms with Crippen LogP contribution in [0.1, 0.15) is 18.4 Å². The molecule has 1 fully saturated rings. The van der Waals surface area contributed by atoms with Gasteiger partial charge in [0.05, 0.1) is 4.92 Å². The van der Waals surface area contributed by atoms with E-state index in [-0.39, 0.29) is 18.2 Å². The molecule has 3 aromatic carbocycles. The summed E-state index contributed by atoms with van der Waals surface area (Å²) in [6.45, 7) is 0.594. The Bertz CT molecular complexity index is 1430. The number of aromatic nitrogens is 1. The van der Waals surface area contributed by atoms with E-state index < -0.39 is 17.1 Å². The van der Waals surface area contributed by atoms with Crippen LogP contribution in [0.5, 0.6) is 0 Å². The summed E-state index contributed by atoms with van der Waals surface area (Å²) in [6.07, 6.45) is 2.40. The second kappa shape index (κ2) is 9.91. The number of likely N-dealkylation sites (tertiary alicyclic amines) is 1. The first-order valence-electron chi connectivity index (χ1n) is 11.6. The number of benzene rings is 3. The number of anilines is 1. The molecule has 2 N–H and O–H groups in total. The molecule has 0 saturated carbocycles. The van der Waals surface area contributed by atoms with Crippen molar-refractivity contribution < 1.29 is 19.2 Å². The second-order valence-electron chi connectivity index (χ2n) is 8.66. The van der Waals surface area contributed by atoms with E-state index >= 15 is 0 Å². The molecule has 1 aromatic heterocycles. The number of hydrogen-bond donors (Lipinski definition) is 2. The number of nitrogens with zero attached hydrogens (tertiary/aromatic N) is 2. The number of ether oxygens (including phenoxy) is 1. The number of fused-ring (bicyclic) bond motifs is 1. The molecule has 9 heteroatoms. The van der Waals surface area contributed by atoms with Gasteiger partial charge in [-0.3, -0.25) is 19.8 Å². The van der Waals surface area contributed by atoms with Gasteiger partial charge in [0, 0.05) is 29.9 Å². The first-order valence-corrected chi connectivity index (χ1v) is 11.6. The predicted octanol–water partition coefficient (Wildman–Crippen LogP) is 5.48. The van der Waals surface area contributed by atoms with Crippen molar-refractivity contribution >= 4 is 34.3 Å². The number of rotatable bonds is 6. The fourth-order valence-electron chi connectivity index (χ4n) is 4.52. The maximum Gasteiger partial charge on any atom is 0.410 e. The number of hydrogen-bond acceptors (Lipinski definition) is 5. The Morgan fingerprint density at radius 2 is 1.89 bits per heavy atom. The molecule has 1 aliphatic heterocycles. The van der Waals surface area contributed by atoms with Crippen LogP contribution in [0.25, 0.3) is 22.0 Å². The molecule has 0 spiro atoms. The van der Waals surface area contributed by atoms with E-state index in [1.54, 1.807) is 30.5 Å². The van der Waals surface area contributed by atoms with Crippen LogP contribution in [0.4, 0.5) is 16.2 Å². The summed E-state index contributed by atoms with van der Waals surface area (Å²) in [4.78, 5) is 41.3. The monoisotopic (exact) mass is 484 g/mol. The zero-order chi connectivity index (χ0) is 25.1. The Morgan fingerprint density at radius 3 is 2.69 bits per heavy atom. The molecule has 182 valence electrons. The fourth-order valence-corrected chi connectivity index (χ4v) is 4.52. The lowest BCUT2D eigenvalue weighted by Gasteiger charge is -2.23. The van der Waals surface area contributed by atoms with E-state index in [1.807, 2.05) is 42.5 Å². The average Bonchev–Trinajstić information content (AvgIpc) is 3.57. The van der Waals surface area contributed by atoms with E-state index in [0.29, 0.717) is 36.2 Å². The molecular formula is C27H24N4O5. The van der Waals surface area contributed by atoms with E-state index in [4.69, 9.17) is 4.74 Å². The van der Waals surface area contributed by atoms with Gasteiger partial charge in [-0.15, -0.1) is 0 Å². The van der Waals surface area contributed by atoms with Crippen LogP contribution in [-0.2, 0) is 16.1 Å². The minimum Gasteiger partial charge on any atom is -0.445 e. The van der Waals surface area contributed by atoms with Gasteiger partial charge in [0.1, 0.15) is 18.2 Å². The van der Waals surface area contributed by atoms with E-state index in [9.17, 15) is 19.7 Å². The summed E-state index contributed by atoms with van der Waals surface area (Å²) >= 11 is 0. The summed E-state index contributed by atoms with van der Waals surface area (Å²) < 4.78 is 5.43. The highest BCUT2D eigenvalue weighted by Gasteiger charge is 2.35. The van der Waals surface area contributed by atoms with Gasteiger partial charge in [0.2, 0.25) is 5.91 Å². The second-order valence-corrected chi connectivity index (χ2v) is 8.66. The topological polar surface area (TPSA) is 118 Å². The molecule has 0 aliphatic carbocycles. The Balaban J connectivity index is 1.30. The molecule has 2 amide bonds. The molecule has 1 aliphatic rings. The molecule has 5 rings (SSSR count). The van der Waals surface area contributed by atoms with Crippen LogP contribution in [0, 0.1) is 10.1 Å². The SMILES string of the molecule is O=C(Nc1cccc(-c2cc([N+](=O)[O-])c3[nH]ccc3c2)c1)[C@@H]1CCCN1C(=O)OCc1ccccc1. The van der Waals surface area contributed by atoms with Gasteiger partial charge in [0.25, 0.3) is 5.69 Å². The molecule has 0 radical (unpaired) electrons. The third kappa shape index (κ3) is 4.76. The number of aromatic amines is 1. The average molecular weight is 485 g/mol. The maximum atomic E-state index is 13.1. The Morgan fingerprint density at radius 1 is 1.06 bits per heavy atom. The van der Waals surface area contributed by atoms with Gasteiger partial charge in [0.15, 0.2) is 0 Å². The number of carbonyl (C=O) groups excluding carboxylic acids is 2. The van der Waals surface area contributed by atoms with Crippen molar-refractivity contribution in [3.63, 3.8) is 0 Å². The number of amides is 2. The van der Waals surface area contributed by atoms with Crippen molar-refractivity contribution in [3.8, 4) is 11.1 Å². The van der Waals surface area contributed by atoms with Crippen molar-refractivity contribution in [1.82, 2.24) is 9.88 Å². The Hall–Kier alpha value is -4.66. The lowest BCUT2D eigenvalue weighted by Crippen LogP contribution is -2.43. The van der Waals surface area contributed by atoms with Gasteiger partial charge < -0.3 is 15.0 Å². The highest BCUT2D eigenvalue weighted by atomic mass is 16.6. The fraction of sp³-hybridized carbons (Fsp3) is 0.185. The minimum atomic E-state index is -0.630. The third-order valence-electron chi connectivity index (χ3n) is 6.29. The highest BCUT2D eigenvalue weighted by Crippen LogP contribution is 2.32. The zero-order valence-electron chi connectivity index (χ0n) is 19.3. The molecule has 36 heavy (non-hydrogen) atoms. The van der Waals surface area contributed by atoms with Crippen LogP contribution in [-0.4, -0.2) is 39.4 Å². The van der Waals surface area contributed by atoms with Gasteiger partial charge in [-0.25, -0.2) is 4.79 Å². The van der Waals surface area contributed by atoms with Crippen molar-refractivity contribution in [1.29, 1.82) is 0 Å². The van der Waals surface area contributed by atoms with Crippen molar-refractivity contribution in [2.45, 2.75) is 25.5 Å². The summed E-state index contributed by atoms with van der Waals surface area (Å²) in [6, 6.07) is 21.0. The first-order chi connectivity index (χ1) is 17.5. The summed E-state index contributed by atoms with van der Waals surface area (Å²) in [5, 5.41) is 15.2. The molecule has 1 saturated heterocycles. The quantitative estimate of drug-likeness (QED) is 0.277. The number of H-pyrrole nitrogens is 1. The number of non-ortho nitro benzene ring substituents is 1. The molecule has 1 atom stereocenters. The van der Waals surface area contributed by atoms with Crippen molar-refractivity contribution in [2.24, 2.45) is 0 Å². The third-order valence-corrected chi connectivity index (χ3v) is 6.29. The molecule has 9 nitrogen and oxygen atoms in total. The zero-order valence-corrected chi connectivity index (χ0v) is 19.3. The first kappa shape index (κ1) is 23.1. The molecular weight excluding hydrogens is 460 g/mol. The Kier molecular flexibility index (Phi) is 6.36. The number of carbonyl (C=O) groups is 2. The van der Waals surface area contributed by atoms with Gasteiger partial charge >= 0.3 is 6.09 Å². The van der Waals surface area contributed by atoms with Crippen molar-refractivity contribution in [3.05, 3.63) is 94.7 Å². The van der Waals surface area contributed by atoms with Crippen molar-refractivity contribution in [2.75, 3.05) is 11.9 Å². The minimum absolute atomic E-state index is 0.0162. The van der Waals surface area contributed by atoms with Gasteiger partial charge in [-0.05, 0) is 53.8 Å². The largest absolute Gasteiger partial charge is 0.445 e. The van der Waals surface area contributed by atoms with E-state index in [1.165, 1.54) is 11.0 Å². The molecule has 2 heterocycles. The van der Waals surface area contributed by atoms with Crippen LogP contribution >= 0.6 is 0 Å². The van der Waals surface area contributed by atoms with Crippen LogP contribution < -0.4 is 5.32 Å². The Labute approximate surface area is 206 Å². The van der Waals surface area contributed by atoms with Crippen LogP contribution in [0.15, 0.2) is 79.0 Å². The summed E-state index contributed by atoms with van der Waals surface area (Å²) in [5.41, 5.74) is 3.26. The standard InChI is InChI=1S/C27H24N4O5/c32-26(23-10-5-13-30(23)27(33)36-17-18-6-2-1-3-7-18)29-22-9-4-8-19(15-22)21-14-20-11-12-28-25(20)24(16-21)31(34)35/h1-4,6-9,11-12,14-16,23,28H,5,10,13,17H2,(H,29,32)/t23-/m0/s1. The predicted molar refractivity (Wildman–Crippen MR) is 135 cm³/mol. The number of nitro groups is 1. The van der Waals surface area contributed by atoms with Crippen LogP contribution in [0.2, 0.25) is 0 Å². The number of nitro benzene ring substituents is 1. The lowest BCUT2D eigenvalue weighted by atomic mass is 10.0. The lowest BCUT2D eigenvalue weighted by molar-refractivity contribution is -0.383. The number of nitrogens with one attached hydrogen (secondary N) is 2. The molecule has 0 bridgehead atoms. The van der Waals surface area contributed by atoms with Gasteiger partial charge in [-0.1, -0.05) is 42.5 Å². The summed E-state index contributed by atoms with van der Waals surface area (Å²) in [7, 11) is 0. The maximum absolute atomic E-state index is 13.1.